The molecule has 19 heavy (non-hydrogen) atoms. The fraction of sp³-hybridized carbons (Fsp3) is 0.500. The molecular weight excluding hydrogens is 242 g/mol. The van der Waals surface area contributed by atoms with Crippen molar-refractivity contribution in [2.45, 2.75) is 26.3 Å². The number of aryl methyl sites for hydroxylation is 2. The molecule has 0 aliphatic carbocycles. The summed E-state index contributed by atoms with van der Waals surface area (Å²) in [5.74, 6) is 2.64. The second kappa shape index (κ2) is 5.93. The molecule has 0 aliphatic heterocycles. The van der Waals surface area contributed by atoms with Crippen LogP contribution >= 0.6 is 0 Å². The molecule has 0 amide bonds. The Balaban J connectivity index is 2.41. The molecule has 1 unspecified atom stereocenters. The van der Waals surface area contributed by atoms with Crippen molar-refractivity contribution in [3.63, 3.8) is 0 Å². The maximum absolute atomic E-state index is 5.87. The summed E-state index contributed by atoms with van der Waals surface area (Å²) in [7, 11) is 3.56. The standard InChI is InChI=1S/C14H21N3O2/c1-5-10-7-8-11(19-10)13(15-6-2)14-12(18-4)9-16-17(14)3/h7-9,13,15H,5-6H2,1-4H3. The van der Waals surface area contributed by atoms with Gasteiger partial charge in [0.05, 0.1) is 13.3 Å². The summed E-state index contributed by atoms with van der Waals surface area (Å²) >= 11 is 0. The van der Waals surface area contributed by atoms with Crippen molar-refractivity contribution in [1.82, 2.24) is 15.1 Å². The van der Waals surface area contributed by atoms with Crippen LogP contribution in [0.4, 0.5) is 0 Å². The van der Waals surface area contributed by atoms with E-state index in [-0.39, 0.29) is 6.04 Å². The third kappa shape index (κ3) is 2.66. The van der Waals surface area contributed by atoms with E-state index in [1.807, 2.05) is 23.9 Å². The van der Waals surface area contributed by atoms with Gasteiger partial charge in [-0.05, 0) is 18.7 Å². The zero-order chi connectivity index (χ0) is 13.8. The van der Waals surface area contributed by atoms with Crippen molar-refractivity contribution in [3.05, 3.63) is 35.5 Å². The SMILES string of the molecule is CCNC(c1ccc(CC)o1)c1c(OC)cnn1C. The minimum absolute atomic E-state index is 0.0484. The van der Waals surface area contributed by atoms with Gasteiger partial charge in [0.2, 0.25) is 0 Å². The second-order valence-corrected chi connectivity index (χ2v) is 4.37. The predicted molar refractivity (Wildman–Crippen MR) is 73.4 cm³/mol. The van der Waals surface area contributed by atoms with E-state index in [1.54, 1.807) is 13.3 Å². The number of nitrogens with one attached hydrogen (secondary N) is 1. The van der Waals surface area contributed by atoms with E-state index in [9.17, 15) is 0 Å². The van der Waals surface area contributed by atoms with Crippen molar-refractivity contribution in [2.24, 2.45) is 7.05 Å². The fourth-order valence-electron chi connectivity index (χ4n) is 2.19. The maximum Gasteiger partial charge on any atom is 0.162 e. The summed E-state index contributed by atoms with van der Waals surface area (Å²) in [5.41, 5.74) is 0.973. The van der Waals surface area contributed by atoms with Gasteiger partial charge in [-0.2, -0.15) is 5.10 Å². The summed E-state index contributed by atoms with van der Waals surface area (Å²) < 4.78 is 13.1. The normalized spacial score (nSPS) is 12.6. The lowest BCUT2D eigenvalue weighted by molar-refractivity contribution is 0.381. The Morgan fingerprint density at radius 1 is 1.42 bits per heavy atom. The lowest BCUT2D eigenvalue weighted by Gasteiger charge is -2.17. The first kappa shape index (κ1) is 13.7. The molecule has 2 rings (SSSR count). The van der Waals surface area contributed by atoms with Crippen LogP contribution in [0.3, 0.4) is 0 Å². The zero-order valence-electron chi connectivity index (χ0n) is 11.9. The summed E-state index contributed by atoms with van der Waals surface area (Å²) in [6.07, 6.45) is 2.62. The van der Waals surface area contributed by atoms with Crippen LogP contribution in [0.2, 0.25) is 0 Å². The molecule has 1 atom stereocenters. The Bertz CT molecular complexity index is 531. The molecule has 0 saturated heterocycles. The Morgan fingerprint density at radius 3 is 2.79 bits per heavy atom. The van der Waals surface area contributed by atoms with Gasteiger partial charge in [-0.25, -0.2) is 0 Å². The highest BCUT2D eigenvalue weighted by Gasteiger charge is 2.24. The van der Waals surface area contributed by atoms with Crippen LogP contribution in [0.25, 0.3) is 0 Å². The van der Waals surface area contributed by atoms with Gasteiger partial charge in [-0.15, -0.1) is 0 Å². The van der Waals surface area contributed by atoms with Gasteiger partial charge < -0.3 is 14.5 Å². The largest absolute Gasteiger partial charge is 0.493 e. The molecule has 1 N–H and O–H groups in total. The van der Waals surface area contributed by atoms with Crippen molar-refractivity contribution in [1.29, 1.82) is 0 Å². The molecule has 2 aromatic heterocycles. The number of hydrogen-bond donors (Lipinski definition) is 1. The number of methoxy groups -OCH3 is 1. The molecule has 5 heteroatoms. The van der Waals surface area contributed by atoms with Crippen molar-refractivity contribution in [2.75, 3.05) is 13.7 Å². The van der Waals surface area contributed by atoms with Crippen LogP contribution in [0, 0.1) is 0 Å². The molecular formula is C14H21N3O2. The number of ether oxygens (including phenoxy) is 1. The van der Waals surface area contributed by atoms with Crippen LogP contribution in [-0.2, 0) is 13.5 Å². The van der Waals surface area contributed by atoms with E-state index < -0.39 is 0 Å². The molecule has 0 aliphatic rings. The number of nitrogens with zero attached hydrogens (tertiary/aromatic N) is 2. The number of furan rings is 1. The number of hydrogen-bond acceptors (Lipinski definition) is 4. The highest BCUT2D eigenvalue weighted by molar-refractivity contribution is 5.33. The van der Waals surface area contributed by atoms with Crippen LogP contribution in [0.5, 0.6) is 5.75 Å². The minimum atomic E-state index is -0.0484. The molecule has 0 saturated carbocycles. The lowest BCUT2D eigenvalue weighted by Crippen LogP contribution is -2.24. The molecule has 0 aromatic carbocycles. The van der Waals surface area contributed by atoms with Crippen molar-refractivity contribution >= 4 is 0 Å². The Kier molecular flexibility index (Phi) is 4.27. The minimum Gasteiger partial charge on any atom is -0.493 e. The van der Waals surface area contributed by atoms with E-state index in [4.69, 9.17) is 9.15 Å². The highest BCUT2D eigenvalue weighted by Crippen LogP contribution is 2.30. The van der Waals surface area contributed by atoms with Crippen molar-refractivity contribution < 1.29 is 9.15 Å². The monoisotopic (exact) mass is 263 g/mol. The molecule has 2 heterocycles. The maximum atomic E-state index is 5.87. The highest BCUT2D eigenvalue weighted by atomic mass is 16.5. The predicted octanol–water partition coefficient (Wildman–Crippen LogP) is 2.28. The second-order valence-electron chi connectivity index (χ2n) is 4.37. The number of rotatable bonds is 6. The van der Waals surface area contributed by atoms with Gasteiger partial charge in [-0.3, -0.25) is 4.68 Å². The lowest BCUT2D eigenvalue weighted by atomic mass is 10.1. The van der Waals surface area contributed by atoms with Crippen LogP contribution in [-0.4, -0.2) is 23.4 Å². The smallest absolute Gasteiger partial charge is 0.162 e. The van der Waals surface area contributed by atoms with Crippen LogP contribution in [0.15, 0.2) is 22.7 Å². The topological polar surface area (TPSA) is 52.2 Å². The average molecular weight is 263 g/mol. The van der Waals surface area contributed by atoms with Gasteiger partial charge >= 0.3 is 0 Å². The molecule has 0 bridgehead atoms. The van der Waals surface area contributed by atoms with Crippen LogP contribution in [0.1, 0.15) is 37.1 Å². The third-order valence-electron chi connectivity index (χ3n) is 3.17. The summed E-state index contributed by atoms with van der Waals surface area (Å²) in [6, 6.07) is 3.98. The van der Waals surface area contributed by atoms with Gasteiger partial charge in [0.1, 0.15) is 23.3 Å². The average Bonchev–Trinajstić information content (AvgIpc) is 3.02. The van der Waals surface area contributed by atoms with E-state index in [0.717, 1.165) is 35.9 Å². The van der Waals surface area contributed by atoms with Gasteiger partial charge in [-0.1, -0.05) is 13.8 Å². The Hall–Kier alpha value is -1.75. The Labute approximate surface area is 113 Å². The molecule has 0 fully saturated rings. The first-order chi connectivity index (χ1) is 9.21. The third-order valence-corrected chi connectivity index (χ3v) is 3.17. The molecule has 2 aromatic rings. The molecule has 5 nitrogen and oxygen atoms in total. The van der Waals surface area contributed by atoms with Crippen molar-refractivity contribution in [3.8, 4) is 5.75 Å². The quantitative estimate of drug-likeness (QED) is 0.868. The van der Waals surface area contributed by atoms with Crippen LogP contribution < -0.4 is 10.1 Å². The van der Waals surface area contributed by atoms with E-state index >= 15 is 0 Å². The summed E-state index contributed by atoms with van der Waals surface area (Å²) in [4.78, 5) is 0. The fourth-order valence-corrected chi connectivity index (χ4v) is 2.19. The summed E-state index contributed by atoms with van der Waals surface area (Å²) in [6.45, 7) is 4.98. The van der Waals surface area contributed by atoms with Gasteiger partial charge in [0.25, 0.3) is 0 Å². The molecule has 0 spiro atoms. The molecule has 0 radical (unpaired) electrons. The zero-order valence-corrected chi connectivity index (χ0v) is 11.9. The van der Waals surface area contributed by atoms with E-state index in [2.05, 4.69) is 24.3 Å². The first-order valence-electron chi connectivity index (χ1n) is 6.59. The van der Waals surface area contributed by atoms with E-state index in [1.165, 1.54) is 0 Å². The first-order valence-corrected chi connectivity index (χ1v) is 6.59. The molecule has 104 valence electrons. The Morgan fingerprint density at radius 2 is 2.21 bits per heavy atom. The number of aromatic nitrogens is 2. The summed E-state index contributed by atoms with van der Waals surface area (Å²) in [5, 5.41) is 7.67. The van der Waals surface area contributed by atoms with E-state index in [0.29, 0.717) is 0 Å². The van der Waals surface area contributed by atoms with Gasteiger partial charge in [0.15, 0.2) is 5.75 Å². The van der Waals surface area contributed by atoms with Gasteiger partial charge in [0, 0.05) is 13.5 Å².